The molecule has 8 aliphatic rings. The summed E-state index contributed by atoms with van der Waals surface area (Å²) in [5, 5.41) is 138. The Labute approximate surface area is 448 Å². The van der Waals surface area contributed by atoms with Gasteiger partial charge in [0.15, 0.2) is 12.6 Å². The highest BCUT2D eigenvalue weighted by molar-refractivity contribution is 5.78. The number of fused-ring (bicyclic) bond motifs is 5. The van der Waals surface area contributed by atoms with E-state index < -0.39 is 177 Å². The van der Waals surface area contributed by atoms with Crippen LogP contribution in [-0.4, -0.2) is 221 Å². The number of hydrogen-bond acceptors (Lipinski definition) is 23. The molecule has 4 aliphatic heterocycles. The van der Waals surface area contributed by atoms with E-state index in [1.54, 1.807) is 0 Å². The van der Waals surface area contributed by atoms with Crippen LogP contribution in [0.15, 0.2) is 36.5 Å². The maximum Gasteiger partial charge on any atom is 0.314 e. The number of carbonyl (C=O) groups excluding carboxylic acids is 2. The summed E-state index contributed by atoms with van der Waals surface area (Å²) in [5.41, 5.74) is 0.750. The van der Waals surface area contributed by atoms with Gasteiger partial charge in [0, 0.05) is 0 Å². The van der Waals surface area contributed by atoms with Crippen molar-refractivity contribution in [2.24, 2.45) is 51.8 Å². The predicted octanol–water partition coefficient (Wildman–Crippen LogP) is -1.68. The number of aliphatic hydroxyl groups is 13. The van der Waals surface area contributed by atoms with Gasteiger partial charge < -0.3 is 104 Å². The molecule has 0 aromatic carbocycles. The zero-order chi connectivity index (χ0) is 56.5. The summed E-state index contributed by atoms with van der Waals surface area (Å²) >= 11 is 0. The molecule has 8 fully saturated rings. The lowest BCUT2D eigenvalue weighted by molar-refractivity contribution is -0.361. The first-order chi connectivity index (χ1) is 36.2. The molecule has 4 saturated carbocycles. The molecule has 13 N–H and O–H groups in total. The molecule has 8 rings (SSSR count). The van der Waals surface area contributed by atoms with Gasteiger partial charge in [-0.3, -0.25) is 9.59 Å². The fraction of sp³-hybridized carbons (Fsp3) is 0.852. The lowest BCUT2D eigenvalue weighted by Gasteiger charge is -2.65. The minimum atomic E-state index is -1.91. The molecule has 29 unspecified atom stereocenters. The molecule has 0 bridgehead atoms. The van der Waals surface area contributed by atoms with Gasteiger partial charge >= 0.3 is 11.9 Å². The number of aliphatic hydroxyl groups excluding tert-OH is 13. The van der Waals surface area contributed by atoms with Crippen LogP contribution in [0.25, 0.3) is 0 Å². The largest absolute Gasteiger partial charge is 0.433 e. The van der Waals surface area contributed by atoms with Gasteiger partial charge in [0.2, 0.25) is 12.6 Å². The molecule has 77 heavy (non-hydrogen) atoms. The van der Waals surface area contributed by atoms with Crippen molar-refractivity contribution >= 4 is 11.9 Å². The van der Waals surface area contributed by atoms with Gasteiger partial charge in [-0.2, -0.15) is 0 Å². The molecule has 23 nitrogen and oxygen atoms in total. The van der Waals surface area contributed by atoms with Gasteiger partial charge in [-0.05, 0) is 118 Å². The summed E-state index contributed by atoms with van der Waals surface area (Å²) in [6.45, 7) is 21.1. The molecule has 4 heterocycles. The molecule has 0 spiro atoms. The Morgan fingerprint density at radius 3 is 1.75 bits per heavy atom. The summed E-state index contributed by atoms with van der Waals surface area (Å²) in [4.78, 5) is 28.9. The van der Waals surface area contributed by atoms with Crippen LogP contribution in [0.5, 0.6) is 0 Å². The third kappa shape index (κ3) is 10.7. The van der Waals surface area contributed by atoms with Crippen molar-refractivity contribution in [1.82, 2.24) is 0 Å². The average Bonchev–Trinajstić information content (AvgIpc) is 3.84. The third-order valence-electron chi connectivity index (χ3n) is 19.9. The van der Waals surface area contributed by atoms with E-state index in [0.29, 0.717) is 44.9 Å². The highest BCUT2D eigenvalue weighted by Crippen LogP contribution is 2.74. The third-order valence-corrected chi connectivity index (χ3v) is 19.9. The summed E-state index contributed by atoms with van der Waals surface area (Å²) < 4.78 is 45.8. The van der Waals surface area contributed by atoms with E-state index in [9.17, 15) is 71.2 Å². The monoisotopic (exact) mass is 1100 g/mol. The Hall–Kier alpha value is -2.60. The number of hydrogen-bond donors (Lipinski definition) is 13. The highest BCUT2D eigenvalue weighted by atomic mass is 16.8. The molecular weight excluding hydrogens is 1020 g/mol. The Bertz CT molecular complexity index is 2140. The first-order valence-corrected chi connectivity index (χ1v) is 27.2. The van der Waals surface area contributed by atoms with E-state index in [2.05, 4.69) is 27.0 Å². The quantitative estimate of drug-likeness (QED) is 0.0682. The second-order valence-electron chi connectivity index (χ2n) is 24.1. The first-order valence-electron chi connectivity index (χ1n) is 27.2. The van der Waals surface area contributed by atoms with Gasteiger partial charge in [-0.15, -0.1) is 0 Å². The van der Waals surface area contributed by atoms with Crippen molar-refractivity contribution in [3.63, 3.8) is 0 Å². The summed E-state index contributed by atoms with van der Waals surface area (Å²) in [6.07, 6.45) is -28.2. The maximum atomic E-state index is 15.1. The molecule has 23 heteroatoms. The Kier molecular flexibility index (Phi) is 18.3. The van der Waals surface area contributed by atoms with Crippen molar-refractivity contribution in [3.8, 4) is 0 Å². The molecule has 4 saturated heterocycles. The number of allylic oxidation sites excluding steroid dienone is 3. The number of carbonyl (C=O) groups is 2. The average molecular weight is 1100 g/mol. The smallest absolute Gasteiger partial charge is 0.314 e. The second-order valence-corrected chi connectivity index (χ2v) is 24.1. The van der Waals surface area contributed by atoms with E-state index in [1.807, 2.05) is 13.8 Å². The second kappa shape index (κ2) is 23.3. The standard InChI is InChI=1S/C54H84O23/c1-21(2)25-11-13-52(7)28(23(5)27(25)17-33(57)75-49-43(66)39(62)36(59)30(18-55)72-49)9-10-29-34-26(22(3)4)12-14-54(34,16-15-53(29,52)8)51(69)77-50-44(67)40(63)37(60)32(74-50)20-70-47-45(68)41(64)46(31(19-56)73-47)76-48-42(65)38(61)35(58)24(6)71-48/h24-32,34-50,55-56,58-68H,1,3,5,9-20H2,2,4,6-8H3. The molecule has 4 aliphatic carbocycles. The first kappa shape index (κ1) is 60.5. The normalized spacial score (nSPS) is 51.1. The van der Waals surface area contributed by atoms with Gasteiger partial charge in [-0.25, -0.2) is 0 Å². The molecule has 0 aromatic heterocycles. The Balaban J connectivity index is 0.960. The number of rotatable bonds is 14. The van der Waals surface area contributed by atoms with Crippen LogP contribution >= 0.6 is 0 Å². The van der Waals surface area contributed by atoms with E-state index >= 15 is 4.79 Å². The van der Waals surface area contributed by atoms with Crippen molar-refractivity contribution in [1.29, 1.82) is 0 Å². The van der Waals surface area contributed by atoms with Gasteiger partial charge in [0.05, 0.1) is 37.8 Å². The molecule has 0 amide bonds. The highest BCUT2D eigenvalue weighted by Gasteiger charge is 2.69. The SMILES string of the molecule is C=C(C)C1CCC2(C)C(CCC3C4C(C(=C)C)CCC4(C(=O)OC4OC(COC5OC(CO)C(OC6OC(C)C(O)C(O)C6O)C(O)C5O)C(O)C(O)C4O)CCC32C)C(=C)C1CC(=O)OC1OC(CO)C(O)C(O)C1O. The van der Waals surface area contributed by atoms with Crippen molar-refractivity contribution < 1.29 is 114 Å². The van der Waals surface area contributed by atoms with Crippen LogP contribution in [0.2, 0.25) is 0 Å². The van der Waals surface area contributed by atoms with E-state index in [4.69, 9.17) is 44.5 Å². The summed E-state index contributed by atoms with van der Waals surface area (Å²) in [6, 6.07) is 0. The molecule has 0 aromatic rings. The fourth-order valence-corrected chi connectivity index (χ4v) is 15.1. The predicted molar refractivity (Wildman–Crippen MR) is 263 cm³/mol. The molecule has 0 radical (unpaired) electrons. The minimum absolute atomic E-state index is 0.0443. The number of ether oxygens (including phenoxy) is 8. The lowest BCUT2D eigenvalue weighted by atomic mass is 9.39. The van der Waals surface area contributed by atoms with E-state index in [0.717, 1.165) is 23.1 Å². The molecule has 438 valence electrons. The topological polar surface area (TPSA) is 371 Å². The van der Waals surface area contributed by atoms with Crippen LogP contribution in [0.1, 0.15) is 92.4 Å². The molecule has 29 atom stereocenters. The lowest BCUT2D eigenvalue weighted by Crippen LogP contribution is -2.64. The van der Waals surface area contributed by atoms with E-state index in [-0.39, 0.29) is 36.0 Å². The van der Waals surface area contributed by atoms with E-state index in [1.165, 1.54) is 6.92 Å². The summed E-state index contributed by atoms with van der Waals surface area (Å²) in [5.74, 6) is -2.44. The van der Waals surface area contributed by atoms with Gasteiger partial charge in [-0.1, -0.05) is 50.3 Å². The van der Waals surface area contributed by atoms with Crippen LogP contribution < -0.4 is 0 Å². The van der Waals surface area contributed by atoms with Crippen LogP contribution in [0.4, 0.5) is 0 Å². The zero-order valence-corrected chi connectivity index (χ0v) is 44.5. The van der Waals surface area contributed by atoms with Crippen LogP contribution in [0.3, 0.4) is 0 Å². The van der Waals surface area contributed by atoms with Crippen LogP contribution in [-0.2, 0) is 47.5 Å². The maximum absolute atomic E-state index is 15.1. The van der Waals surface area contributed by atoms with Gasteiger partial charge in [0.1, 0.15) is 91.6 Å². The molecular formula is C54H84O23. The Morgan fingerprint density at radius 2 is 1.13 bits per heavy atom. The van der Waals surface area contributed by atoms with Crippen molar-refractivity contribution in [3.05, 3.63) is 36.5 Å². The summed E-state index contributed by atoms with van der Waals surface area (Å²) in [7, 11) is 0. The minimum Gasteiger partial charge on any atom is -0.433 e. The van der Waals surface area contributed by atoms with Crippen molar-refractivity contribution in [2.75, 3.05) is 19.8 Å². The van der Waals surface area contributed by atoms with Crippen LogP contribution in [0, 0.1) is 51.8 Å². The van der Waals surface area contributed by atoms with Gasteiger partial charge in [0.25, 0.3) is 0 Å². The Morgan fingerprint density at radius 1 is 0.584 bits per heavy atom. The fourth-order valence-electron chi connectivity index (χ4n) is 15.1. The zero-order valence-electron chi connectivity index (χ0n) is 44.5. The number of esters is 2. The van der Waals surface area contributed by atoms with Crippen molar-refractivity contribution in [2.45, 2.75) is 215 Å².